The van der Waals surface area contributed by atoms with E-state index in [0.29, 0.717) is 10.8 Å². The van der Waals surface area contributed by atoms with Crippen molar-refractivity contribution in [1.82, 2.24) is 5.32 Å². The lowest BCUT2D eigenvalue weighted by Gasteiger charge is -2.22. The van der Waals surface area contributed by atoms with Crippen LogP contribution in [-0.2, 0) is 9.84 Å². The van der Waals surface area contributed by atoms with Crippen molar-refractivity contribution in [2.45, 2.75) is 12.1 Å². The summed E-state index contributed by atoms with van der Waals surface area (Å²) in [4.78, 5) is 12.0. The van der Waals surface area contributed by atoms with Crippen LogP contribution in [0.15, 0.2) is 24.3 Å². The number of nitro benzene ring substituents is 1. The van der Waals surface area contributed by atoms with Gasteiger partial charge in [0.2, 0.25) is 0 Å². The number of fused-ring (bicyclic) bond motifs is 1. The number of nitrogens with one attached hydrogen (secondary N) is 1. The number of nitro groups is 1. The largest absolute Gasteiger partial charge is 0.356 e. The molecule has 20 heavy (non-hydrogen) atoms. The summed E-state index contributed by atoms with van der Waals surface area (Å²) >= 11 is 5.21. The normalized spacial score (nSPS) is 27.2. The standard InChI is InChI=1S/C11H11N3O4S2/c15-14(16)8-3-1-2-7(4-8)13-10-6-20(17,18)5-9(10)12-11(13)19/h1-4,9-10H,5-6H2,(H,12,19)/t9-,10-/m0/s1. The van der Waals surface area contributed by atoms with Gasteiger partial charge in [0.1, 0.15) is 0 Å². The number of non-ortho nitro benzene ring substituents is 1. The second-order valence-corrected chi connectivity index (χ2v) is 7.39. The summed E-state index contributed by atoms with van der Waals surface area (Å²) < 4.78 is 23.4. The minimum atomic E-state index is -3.09. The summed E-state index contributed by atoms with van der Waals surface area (Å²) in [5.41, 5.74) is 0.496. The first-order chi connectivity index (χ1) is 9.37. The van der Waals surface area contributed by atoms with Crippen LogP contribution in [0.5, 0.6) is 0 Å². The van der Waals surface area contributed by atoms with Crippen molar-refractivity contribution in [1.29, 1.82) is 0 Å². The van der Waals surface area contributed by atoms with Crippen LogP contribution in [0.4, 0.5) is 11.4 Å². The number of thiocarbonyl (C=S) groups is 1. The lowest BCUT2D eigenvalue weighted by molar-refractivity contribution is -0.384. The average molecular weight is 313 g/mol. The Bertz CT molecular complexity index is 703. The Labute approximate surface area is 120 Å². The van der Waals surface area contributed by atoms with Gasteiger partial charge in [-0.2, -0.15) is 0 Å². The van der Waals surface area contributed by atoms with Gasteiger partial charge >= 0.3 is 0 Å². The van der Waals surface area contributed by atoms with E-state index in [1.54, 1.807) is 17.0 Å². The zero-order valence-electron chi connectivity index (χ0n) is 10.2. The Balaban J connectivity index is 1.99. The zero-order valence-corrected chi connectivity index (χ0v) is 11.9. The highest BCUT2D eigenvalue weighted by Crippen LogP contribution is 2.31. The molecule has 2 saturated heterocycles. The molecule has 0 unspecified atom stereocenters. The molecule has 0 radical (unpaired) electrons. The van der Waals surface area contributed by atoms with Crippen LogP contribution in [-0.4, -0.2) is 42.0 Å². The van der Waals surface area contributed by atoms with Crippen LogP contribution in [0.1, 0.15) is 0 Å². The molecule has 2 aliphatic rings. The van der Waals surface area contributed by atoms with Crippen molar-refractivity contribution in [3.8, 4) is 0 Å². The Morgan fingerprint density at radius 1 is 1.40 bits per heavy atom. The molecule has 1 aromatic carbocycles. The van der Waals surface area contributed by atoms with E-state index in [4.69, 9.17) is 12.2 Å². The predicted molar refractivity (Wildman–Crippen MR) is 77.5 cm³/mol. The molecule has 1 N–H and O–H groups in total. The third-order valence-electron chi connectivity index (χ3n) is 3.50. The van der Waals surface area contributed by atoms with Gasteiger partial charge in [0, 0.05) is 12.1 Å². The molecular formula is C11H11N3O4S2. The smallest absolute Gasteiger partial charge is 0.271 e. The highest BCUT2D eigenvalue weighted by atomic mass is 32.2. The molecule has 0 saturated carbocycles. The van der Waals surface area contributed by atoms with Crippen LogP contribution in [0.2, 0.25) is 0 Å². The van der Waals surface area contributed by atoms with E-state index in [2.05, 4.69) is 5.32 Å². The SMILES string of the molecule is O=[N+]([O-])c1cccc(N2C(=S)N[C@H]3CS(=O)(=O)C[C@@H]32)c1. The van der Waals surface area contributed by atoms with Gasteiger partial charge in [-0.3, -0.25) is 10.1 Å². The number of hydrogen-bond acceptors (Lipinski definition) is 5. The van der Waals surface area contributed by atoms with Gasteiger partial charge in [-0.15, -0.1) is 0 Å². The molecule has 0 aliphatic carbocycles. The summed E-state index contributed by atoms with van der Waals surface area (Å²) in [7, 11) is -3.09. The van der Waals surface area contributed by atoms with E-state index < -0.39 is 14.8 Å². The molecular weight excluding hydrogens is 302 g/mol. The van der Waals surface area contributed by atoms with Gasteiger partial charge in [0.15, 0.2) is 14.9 Å². The number of sulfone groups is 1. The molecule has 2 aliphatic heterocycles. The molecule has 1 aromatic rings. The number of hydrogen-bond donors (Lipinski definition) is 1. The first-order valence-electron chi connectivity index (χ1n) is 5.92. The maximum absolute atomic E-state index is 11.7. The van der Waals surface area contributed by atoms with Gasteiger partial charge in [-0.05, 0) is 18.3 Å². The number of nitrogens with zero attached hydrogens (tertiary/aromatic N) is 2. The fraction of sp³-hybridized carbons (Fsp3) is 0.364. The summed E-state index contributed by atoms with van der Waals surface area (Å²) in [6.45, 7) is 0. The molecule has 0 aromatic heterocycles. The predicted octanol–water partition coefficient (Wildman–Crippen LogP) is 0.455. The molecule has 106 valence electrons. The summed E-state index contributed by atoms with van der Waals surface area (Å²) in [6.07, 6.45) is 0. The summed E-state index contributed by atoms with van der Waals surface area (Å²) in [6, 6.07) is 5.50. The zero-order chi connectivity index (χ0) is 14.5. The second-order valence-electron chi connectivity index (χ2n) is 4.85. The van der Waals surface area contributed by atoms with E-state index in [-0.39, 0.29) is 29.3 Å². The number of anilines is 1. The van der Waals surface area contributed by atoms with Crippen LogP contribution in [0.25, 0.3) is 0 Å². The molecule has 0 bridgehead atoms. The first kappa shape index (κ1) is 13.3. The van der Waals surface area contributed by atoms with Crippen molar-refractivity contribution in [3.05, 3.63) is 34.4 Å². The lowest BCUT2D eigenvalue weighted by atomic mass is 10.1. The second kappa shape index (κ2) is 4.38. The average Bonchev–Trinajstić information content (AvgIpc) is 2.79. The lowest BCUT2D eigenvalue weighted by Crippen LogP contribution is -2.36. The Morgan fingerprint density at radius 2 is 2.15 bits per heavy atom. The number of rotatable bonds is 2. The molecule has 3 rings (SSSR count). The van der Waals surface area contributed by atoms with Crippen LogP contribution >= 0.6 is 12.2 Å². The minimum absolute atomic E-state index is 0.00744. The van der Waals surface area contributed by atoms with E-state index >= 15 is 0 Å². The van der Waals surface area contributed by atoms with Crippen molar-refractivity contribution < 1.29 is 13.3 Å². The molecule has 0 amide bonds. The van der Waals surface area contributed by atoms with Crippen molar-refractivity contribution in [3.63, 3.8) is 0 Å². The van der Waals surface area contributed by atoms with E-state index in [1.807, 2.05) is 0 Å². The third kappa shape index (κ3) is 2.12. The van der Waals surface area contributed by atoms with Crippen LogP contribution < -0.4 is 10.2 Å². The molecule has 2 atom stereocenters. The van der Waals surface area contributed by atoms with E-state index in [9.17, 15) is 18.5 Å². The fourth-order valence-electron chi connectivity index (χ4n) is 2.67. The molecule has 2 fully saturated rings. The van der Waals surface area contributed by atoms with Gasteiger partial charge < -0.3 is 10.2 Å². The highest BCUT2D eigenvalue weighted by molar-refractivity contribution is 7.91. The Morgan fingerprint density at radius 3 is 2.85 bits per heavy atom. The van der Waals surface area contributed by atoms with Crippen molar-refractivity contribution >= 4 is 38.5 Å². The van der Waals surface area contributed by atoms with Gasteiger partial charge in [0.05, 0.1) is 34.2 Å². The monoisotopic (exact) mass is 313 g/mol. The van der Waals surface area contributed by atoms with Crippen LogP contribution in [0.3, 0.4) is 0 Å². The topological polar surface area (TPSA) is 92.6 Å². The highest BCUT2D eigenvalue weighted by Gasteiger charge is 2.47. The first-order valence-corrected chi connectivity index (χ1v) is 8.15. The maximum Gasteiger partial charge on any atom is 0.271 e. The molecule has 7 nitrogen and oxygen atoms in total. The van der Waals surface area contributed by atoms with Gasteiger partial charge in [-0.25, -0.2) is 8.42 Å². The van der Waals surface area contributed by atoms with Crippen molar-refractivity contribution in [2.75, 3.05) is 16.4 Å². The Kier molecular flexibility index (Phi) is 2.91. The summed E-state index contributed by atoms with van der Waals surface area (Å²) in [5.74, 6) is 0.0523. The van der Waals surface area contributed by atoms with Gasteiger partial charge in [0.25, 0.3) is 5.69 Å². The summed E-state index contributed by atoms with van der Waals surface area (Å²) in [5, 5.41) is 14.2. The Hall–Kier alpha value is -1.74. The number of benzene rings is 1. The fourth-order valence-corrected chi connectivity index (χ4v) is 4.95. The van der Waals surface area contributed by atoms with E-state index in [0.717, 1.165) is 0 Å². The quantitative estimate of drug-likeness (QED) is 0.481. The molecule has 9 heteroatoms. The minimum Gasteiger partial charge on any atom is -0.356 e. The maximum atomic E-state index is 11.7. The van der Waals surface area contributed by atoms with E-state index in [1.165, 1.54) is 12.1 Å². The molecule has 2 heterocycles. The van der Waals surface area contributed by atoms with Crippen molar-refractivity contribution in [2.24, 2.45) is 0 Å². The van der Waals surface area contributed by atoms with Gasteiger partial charge in [-0.1, -0.05) is 6.07 Å². The third-order valence-corrected chi connectivity index (χ3v) is 5.53. The molecule has 0 spiro atoms. The van der Waals surface area contributed by atoms with Crippen LogP contribution in [0, 0.1) is 10.1 Å².